The molecule has 1 aromatic carbocycles. The van der Waals surface area contributed by atoms with Crippen molar-refractivity contribution in [3.63, 3.8) is 0 Å². The van der Waals surface area contributed by atoms with Gasteiger partial charge in [-0.25, -0.2) is 0 Å². The van der Waals surface area contributed by atoms with Crippen LogP contribution < -0.4 is 10.1 Å². The monoisotopic (exact) mass is 205 g/mol. The maximum Gasteiger partial charge on any atom is 0.122 e. The van der Waals surface area contributed by atoms with Crippen LogP contribution >= 0.6 is 0 Å². The molecule has 1 aromatic rings. The molecule has 0 unspecified atom stereocenters. The predicted octanol–water partition coefficient (Wildman–Crippen LogP) is 2.24. The van der Waals surface area contributed by atoms with Crippen LogP contribution in [-0.2, 0) is 6.42 Å². The zero-order valence-electron chi connectivity index (χ0n) is 9.55. The maximum absolute atomic E-state index is 5.38. The highest BCUT2D eigenvalue weighted by Gasteiger charge is 2.42. The third kappa shape index (κ3) is 2.32. The number of nitrogens with one attached hydrogen (secondary N) is 1. The fourth-order valence-electron chi connectivity index (χ4n) is 2.22. The van der Waals surface area contributed by atoms with Gasteiger partial charge < -0.3 is 10.1 Å². The van der Waals surface area contributed by atoms with Crippen molar-refractivity contribution in [1.29, 1.82) is 0 Å². The van der Waals surface area contributed by atoms with E-state index in [1.807, 2.05) is 19.2 Å². The number of hydrogen-bond acceptors (Lipinski definition) is 2. The number of rotatable bonds is 5. The molecule has 0 saturated heterocycles. The van der Waals surface area contributed by atoms with Gasteiger partial charge in [0.25, 0.3) is 0 Å². The molecule has 2 rings (SSSR count). The third-order valence-corrected chi connectivity index (χ3v) is 3.27. The van der Waals surface area contributed by atoms with E-state index in [1.54, 1.807) is 7.11 Å². The van der Waals surface area contributed by atoms with Crippen molar-refractivity contribution in [2.75, 3.05) is 20.7 Å². The van der Waals surface area contributed by atoms with E-state index in [9.17, 15) is 0 Å². The first-order chi connectivity index (χ1) is 7.29. The van der Waals surface area contributed by atoms with Gasteiger partial charge in [0.05, 0.1) is 7.11 Å². The molecule has 0 atom stereocenters. The van der Waals surface area contributed by atoms with E-state index in [1.165, 1.54) is 18.4 Å². The lowest BCUT2D eigenvalue weighted by atomic mass is 9.96. The Balaban J connectivity index is 2.10. The minimum Gasteiger partial charge on any atom is -0.496 e. The Morgan fingerprint density at radius 3 is 2.67 bits per heavy atom. The normalized spacial score (nSPS) is 17.5. The van der Waals surface area contributed by atoms with Crippen molar-refractivity contribution in [3.8, 4) is 5.75 Å². The van der Waals surface area contributed by atoms with Gasteiger partial charge in [0.15, 0.2) is 0 Å². The molecule has 1 aliphatic carbocycles. The lowest BCUT2D eigenvalue weighted by Gasteiger charge is -2.16. The Hall–Kier alpha value is -1.02. The van der Waals surface area contributed by atoms with E-state index in [-0.39, 0.29) is 0 Å². The summed E-state index contributed by atoms with van der Waals surface area (Å²) in [5.74, 6) is 1.03. The Bertz CT molecular complexity index is 331. The number of benzene rings is 1. The molecule has 1 N–H and O–H groups in total. The molecule has 0 spiro atoms. The summed E-state index contributed by atoms with van der Waals surface area (Å²) in [5.41, 5.74) is 1.84. The summed E-state index contributed by atoms with van der Waals surface area (Å²) in [7, 11) is 3.78. The Labute approximate surface area is 91.6 Å². The molecule has 15 heavy (non-hydrogen) atoms. The summed E-state index contributed by atoms with van der Waals surface area (Å²) in [5, 5.41) is 3.29. The second-order valence-corrected chi connectivity index (χ2v) is 4.52. The lowest BCUT2D eigenvalue weighted by molar-refractivity contribution is 0.399. The van der Waals surface area contributed by atoms with Gasteiger partial charge in [0.1, 0.15) is 5.75 Å². The number of hydrogen-bond donors (Lipinski definition) is 1. The smallest absolute Gasteiger partial charge is 0.122 e. The number of ether oxygens (including phenoxy) is 1. The summed E-state index contributed by atoms with van der Waals surface area (Å²) in [6.07, 6.45) is 3.82. The largest absolute Gasteiger partial charge is 0.496 e. The predicted molar refractivity (Wildman–Crippen MR) is 62.3 cm³/mol. The van der Waals surface area contributed by atoms with Gasteiger partial charge >= 0.3 is 0 Å². The molecule has 1 aliphatic rings. The average molecular weight is 205 g/mol. The highest BCUT2D eigenvalue weighted by Crippen LogP contribution is 2.48. The fourth-order valence-corrected chi connectivity index (χ4v) is 2.22. The molecular weight excluding hydrogens is 186 g/mol. The van der Waals surface area contributed by atoms with E-state index in [4.69, 9.17) is 4.74 Å². The van der Waals surface area contributed by atoms with Crippen LogP contribution in [0.3, 0.4) is 0 Å². The standard InChI is InChI=1S/C13H19NO/c1-14-10-13(7-8-13)9-11-5-3-4-6-12(11)15-2/h3-6,14H,7-10H2,1-2H3. The van der Waals surface area contributed by atoms with E-state index < -0.39 is 0 Å². The molecule has 0 amide bonds. The molecule has 0 heterocycles. The van der Waals surface area contributed by atoms with Crippen molar-refractivity contribution < 1.29 is 4.74 Å². The molecule has 1 saturated carbocycles. The van der Waals surface area contributed by atoms with Crippen LogP contribution in [0.25, 0.3) is 0 Å². The van der Waals surface area contributed by atoms with Crippen LogP contribution in [0.1, 0.15) is 18.4 Å². The van der Waals surface area contributed by atoms with Gasteiger partial charge in [0.2, 0.25) is 0 Å². The number of methoxy groups -OCH3 is 1. The summed E-state index contributed by atoms with van der Waals surface area (Å²) in [4.78, 5) is 0. The number of para-hydroxylation sites is 1. The quantitative estimate of drug-likeness (QED) is 0.796. The topological polar surface area (TPSA) is 21.3 Å². The zero-order chi connectivity index (χ0) is 10.7. The molecule has 2 nitrogen and oxygen atoms in total. The minimum absolute atomic E-state index is 0.503. The summed E-state index contributed by atoms with van der Waals surface area (Å²) >= 11 is 0. The van der Waals surface area contributed by atoms with Crippen LogP contribution in [0, 0.1) is 5.41 Å². The second kappa shape index (κ2) is 4.23. The first-order valence-corrected chi connectivity index (χ1v) is 5.56. The van der Waals surface area contributed by atoms with Gasteiger partial charge in [0, 0.05) is 6.54 Å². The van der Waals surface area contributed by atoms with Crippen molar-refractivity contribution in [1.82, 2.24) is 5.32 Å². The molecule has 0 bridgehead atoms. The molecule has 82 valence electrons. The van der Waals surface area contributed by atoms with E-state index >= 15 is 0 Å². The van der Waals surface area contributed by atoms with Crippen LogP contribution in [0.15, 0.2) is 24.3 Å². The highest BCUT2D eigenvalue weighted by atomic mass is 16.5. The zero-order valence-corrected chi connectivity index (χ0v) is 9.55. The molecule has 1 fully saturated rings. The molecule has 0 radical (unpaired) electrons. The van der Waals surface area contributed by atoms with Crippen LogP contribution in [0.5, 0.6) is 5.75 Å². The van der Waals surface area contributed by atoms with E-state index in [0.717, 1.165) is 18.7 Å². The third-order valence-electron chi connectivity index (χ3n) is 3.27. The van der Waals surface area contributed by atoms with Crippen molar-refractivity contribution >= 4 is 0 Å². The second-order valence-electron chi connectivity index (χ2n) is 4.52. The fraction of sp³-hybridized carbons (Fsp3) is 0.538. The SMILES string of the molecule is CNCC1(Cc2ccccc2OC)CC1. The Morgan fingerprint density at radius 1 is 1.33 bits per heavy atom. The summed E-state index contributed by atoms with van der Waals surface area (Å²) in [6, 6.07) is 8.34. The summed E-state index contributed by atoms with van der Waals surface area (Å²) < 4.78 is 5.38. The van der Waals surface area contributed by atoms with Crippen molar-refractivity contribution in [2.45, 2.75) is 19.3 Å². The lowest BCUT2D eigenvalue weighted by Crippen LogP contribution is -2.22. The maximum atomic E-state index is 5.38. The summed E-state index contributed by atoms with van der Waals surface area (Å²) in [6.45, 7) is 1.12. The van der Waals surface area contributed by atoms with Crippen molar-refractivity contribution in [2.24, 2.45) is 5.41 Å². The van der Waals surface area contributed by atoms with Crippen LogP contribution in [-0.4, -0.2) is 20.7 Å². The molecule has 0 aliphatic heterocycles. The minimum atomic E-state index is 0.503. The first-order valence-electron chi connectivity index (χ1n) is 5.56. The van der Waals surface area contributed by atoms with Gasteiger partial charge in [-0.15, -0.1) is 0 Å². The molecule has 2 heteroatoms. The van der Waals surface area contributed by atoms with Crippen LogP contribution in [0.2, 0.25) is 0 Å². The van der Waals surface area contributed by atoms with Gasteiger partial charge in [-0.3, -0.25) is 0 Å². The highest BCUT2D eigenvalue weighted by molar-refractivity contribution is 5.34. The van der Waals surface area contributed by atoms with Gasteiger partial charge in [-0.05, 0) is 43.4 Å². The van der Waals surface area contributed by atoms with Gasteiger partial charge in [-0.1, -0.05) is 18.2 Å². The van der Waals surface area contributed by atoms with Gasteiger partial charge in [-0.2, -0.15) is 0 Å². The molecular formula is C13H19NO. The average Bonchev–Trinajstić information content (AvgIpc) is 2.99. The van der Waals surface area contributed by atoms with E-state index in [0.29, 0.717) is 5.41 Å². The van der Waals surface area contributed by atoms with E-state index in [2.05, 4.69) is 17.4 Å². The molecule has 0 aromatic heterocycles. The van der Waals surface area contributed by atoms with Crippen LogP contribution in [0.4, 0.5) is 0 Å². The van der Waals surface area contributed by atoms with Crippen molar-refractivity contribution in [3.05, 3.63) is 29.8 Å². The Kier molecular flexibility index (Phi) is 2.96. The Morgan fingerprint density at radius 2 is 2.07 bits per heavy atom. The first kappa shape index (κ1) is 10.5.